The van der Waals surface area contributed by atoms with Crippen LogP contribution in [-0.4, -0.2) is 26.8 Å². The van der Waals surface area contributed by atoms with Crippen molar-refractivity contribution in [3.8, 4) is 11.5 Å². The fraction of sp³-hybridized carbons (Fsp3) is 0.571. The van der Waals surface area contributed by atoms with Crippen molar-refractivity contribution >= 4 is 31.9 Å². The highest BCUT2D eigenvalue weighted by molar-refractivity contribution is 9.11. The van der Waals surface area contributed by atoms with Gasteiger partial charge in [-0.1, -0.05) is 0 Å². The van der Waals surface area contributed by atoms with Gasteiger partial charge in [0, 0.05) is 0 Å². The number of rotatable bonds is 5. The van der Waals surface area contributed by atoms with Crippen molar-refractivity contribution < 1.29 is 9.47 Å². The van der Waals surface area contributed by atoms with Crippen molar-refractivity contribution in [2.45, 2.75) is 19.3 Å². The first-order valence-corrected chi connectivity index (χ1v) is 8.16. The summed E-state index contributed by atoms with van der Waals surface area (Å²) in [5.74, 6) is 2.40. The lowest BCUT2D eigenvalue weighted by Gasteiger charge is -2.22. The number of nitrogens with one attached hydrogen (secondary N) is 1. The van der Waals surface area contributed by atoms with Gasteiger partial charge in [-0.25, -0.2) is 0 Å². The molecule has 1 N–H and O–H groups in total. The summed E-state index contributed by atoms with van der Waals surface area (Å²) in [5, 5.41) is 3.43. The van der Waals surface area contributed by atoms with Crippen LogP contribution in [0.25, 0.3) is 0 Å². The van der Waals surface area contributed by atoms with Gasteiger partial charge in [0.25, 0.3) is 0 Å². The van der Waals surface area contributed by atoms with Crippen LogP contribution < -0.4 is 14.8 Å². The quantitative estimate of drug-likeness (QED) is 0.821. The second-order valence-corrected chi connectivity index (χ2v) is 6.48. The monoisotopic (exact) mass is 391 g/mol. The van der Waals surface area contributed by atoms with E-state index < -0.39 is 0 Å². The Balaban J connectivity index is 1.86. The van der Waals surface area contributed by atoms with E-state index in [0.29, 0.717) is 0 Å². The molecular weight excluding hydrogens is 374 g/mol. The largest absolute Gasteiger partial charge is 0.496 e. The highest BCUT2D eigenvalue weighted by Gasteiger charge is 2.13. The molecule has 0 saturated carbocycles. The van der Waals surface area contributed by atoms with Crippen molar-refractivity contribution in [2.75, 3.05) is 26.8 Å². The van der Waals surface area contributed by atoms with Gasteiger partial charge >= 0.3 is 0 Å². The molecule has 0 amide bonds. The first-order valence-electron chi connectivity index (χ1n) is 6.57. The Kier molecular flexibility index (Phi) is 5.98. The lowest BCUT2D eigenvalue weighted by atomic mass is 9.97. The number of piperidine rings is 1. The SMILES string of the molecule is COc1cc(Br)c(OCCC2CCCNC2)cc1Br. The van der Waals surface area contributed by atoms with Gasteiger partial charge in [0.05, 0.1) is 22.7 Å². The van der Waals surface area contributed by atoms with E-state index in [2.05, 4.69) is 37.2 Å². The minimum Gasteiger partial charge on any atom is -0.496 e. The third-order valence-electron chi connectivity index (χ3n) is 3.39. The molecule has 1 fully saturated rings. The van der Waals surface area contributed by atoms with Crippen LogP contribution in [0.3, 0.4) is 0 Å². The minimum atomic E-state index is 0.745. The van der Waals surface area contributed by atoms with Crippen LogP contribution in [0, 0.1) is 5.92 Å². The summed E-state index contributed by atoms with van der Waals surface area (Å²) in [6.45, 7) is 3.04. The normalized spacial score (nSPS) is 19.2. The lowest BCUT2D eigenvalue weighted by molar-refractivity contribution is 0.252. The Labute approximate surface area is 131 Å². The topological polar surface area (TPSA) is 30.5 Å². The number of ether oxygens (including phenoxy) is 2. The summed E-state index contributed by atoms with van der Waals surface area (Å²) in [6, 6.07) is 3.86. The van der Waals surface area contributed by atoms with E-state index in [0.717, 1.165) is 52.5 Å². The molecule has 1 atom stereocenters. The van der Waals surface area contributed by atoms with Gasteiger partial charge in [0.2, 0.25) is 0 Å². The summed E-state index contributed by atoms with van der Waals surface area (Å²) in [4.78, 5) is 0. The van der Waals surface area contributed by atoms with Gasteiger partial charge in [0.15, 0.2) is 0 Å². The third-order valence-corrected chi connectivity index (χ3v) is 4.63. The van der Waals surface area contributed by atoms with Crippen LogP contribution in [-0.2, 0) is 0 Å². The summed E-state index contributed by atoms with van der Waals surface area (Å²) >= 11 is 6.98. The molecule has 0 bridgehead atoms. The average molecular weight is 393 g/mol. The van der Waals surface area contributed by atoms with Crippen molar-refractivity contribution in [3.63, 3.8) is 0 Å². The van der Waals surface area contributed by atoms with E-state index in [-0.39, 0.29) is 0 Å². The zero-order valence-electron chi connectivity index (χ0n) is 11.0. The predicted molar refractivity (Wildman–Crippen MR) is 84.1 cm³/mol. The second kappa shape index (κ2) is 7.50. The van der Waals surface area contributed by atoms with Gasteiger partial charge in [-0.15, -0.1) is 0 Å². The van der Waals surface area contributed by atoms with Crippen molar-refractivity contribution in [2.24, 2.45) is 5.92 Å². The molecule has 1 aliphatic rings. The molecule has 1 unspecified atom stereocenters. The van der Waals surface area contributed by atoms with Crippen LogP contribution in [0.4, 0.5) is 0 Å². The highest BCUT2D eigenvalue weighted by atomic mass is 79.9. The fourth-order valence-electron chi connectivity index (χ4n) is 2.28. The molecule has 1 saturated heterocycles. The van der Waals surface area contributed by atoms with Crippen LogP contribution in [0.15, 0.2) is 21.1 Å². The Morgan fingerprint density at radius 3 is 2.68 bits per heavy atom. The maximum atomic E-state index is 5.86. The average Bonchev–Trinajstić information content (AvgIpc) is 2.43. The van der Waals surface area contributed by atoms with Gasteiger partial charge < -0.3 is 14.8 Å². The van der Waals surface area contributed by atoms with Crippen LogP contribution in [0.2, 0.25) is 0 Å². The molecule has 1 heterocycles. The molecule has 0 aliphatic carbocycles. The fourth-order valence-corrected chi connectivity index (χ4v) is 3.20. The van der Waals surface area contributed by atoms with Crippen molar-refractivity contribution in [1.82, 2.24) is 5.32 Å². The number of hydrogen-bond donors (Lipinski definition) is 1. The molecule has 1 aromatic rings. The standard InChI is InChI=1S/C14H19Br2NO2/c1-18-13-7-12(16)14(8-11(13)15)19-6-4-10-3-2-5-17-9-10/h7-8,10,17H,2-6,9H2,1H3. The van der Waals surface area contributed by atoms with E-state index in [9.17, 15) is 0 Å². The Morgan fingerprint density at radius 1 is 1.26 bits per heavy atom. The van der Waals surface area contributed by atoms with E-state index in [1.165, 1.54) is 12.8 Å². The Bertz CT molecular complexity index is 420. The van der Waals surface area contributed by atoms with Gasteiger partial charge in [-0.3, -0.25) is 0 Å². The molecular formula is C14H19Br2NO2. The van der Waals surface area contributed by atoms with Gasteiger partial charge in [-0.2, -0.15) is 0 Å². The Hall–Kier alpha value is -0.260. The number of methoxy groups -OCH3 is 1. The van der Waals surface area contributed by atoms with Crippen molar-refractivity contribution in [1.29, 1.82) is 0 Å². The molecule has 5 heteroatoms. The highest BCUT2D eigenvalue weighted by Crippen LogP contribution is 2.36. The first-order chi connectivity index (χ1) is 9.20. The maximum Gasteiger partial charge on any atom is 0.134 e. The molecule has 19 heavy (non-hydrogen) atoms. The predicted octanol–water partition coefficient (Wildman–Crippen LogP) is 3.99. The number of hydrogen-bond acceptors (Lipinski definition) is 3. The second-order valence-electron chi connectivity index (χ2n) is 4.77. The molecule has 1 aromatic carbocycles. The molecule has 0 aromatic heterocycles. The van der Waals surface area contributed by atoms with E-state index in [4.69, 9.17) is 9.47 Å². The zero-order valence-corrected chi connectivity index (χ0v) is 14.2. The molecule has 2 rings (SSSR count). The summed E-state index contributed by atoms with van der Waals surface area (Å²) in [5.41, 5.74) is 0. The number of halogens is 2. The first kappa shape index (κ1) is 15.1. The number of benzene rings is 1. The third kappa shape index (κ3) is 4.36. The van der Waals surface area contributed by atoms with Gasteiger partial charge in [-0.05, 0) is 82.3 Å². The van der Waals surface area contributed by atoms with E-state index in [1.54, 1.807) is 7.11 Å². The summed E-state index contributed by atoms with van der Waals surface area (Å²) < 4.78 is 12.9. The van der Waals surface area contributed by atoms with Crippen molar-refractivity contribution in [3.05, 3.63) is 21.1 Å². The summed E-state index contributed by atoms with van der Waals surface area (Å²) in [6.07, 6.45) is 3.69. The maximum absolute atomic E-state index is 5.86. The minimum absolute atomic E-state index is 0.745. The smallest absolute Gasteiger partial charge is 0.134 e. The molecule has 0 radical (unpaired) electrons. The van der Waals surface area contributed by atoms with Gasteiger partial charge in [0.1, 0.15) is 11.5 Å². The Morgan fingerprint density at radius 2 is 2.00 bits per heavy atom. The summed E-state index contributed by atoms with van der Waals surface area (Å²) in [7, 11) is 1.66. The van der Waals surface area contributed by atoms with E-state index in [1.807, 2.05) is 12.1 Å². The molecule has 106 valence electrons. The zero-order chi connectivity index (χ0) is 13.7. The van der Waals surface area contributed by atoms with Crippen LogP contribution in [0.5, 0.6) is 11.5 Å². The lowest BCUT2D eigenvalue weighted by Crippen LogP contribution is -2.30. The molecule has 3 nitrogen and oxygen atoms in total. The van der Waals surface area contributed by atoms with Crippen LogP contribution >= 0.6 is 31.9 Å². The van der Waals surface area contributed by atoms with E-state index >= 15 is 0 Å². The molecule has 0 spiro atoms. The van der Waals surface area contributed by atoms with Crippen LogP contribution in [0.1, 0.15) is 19.3 Å². The molecule has 1 aliphatic heterocycles.